The van der Waals surface area contributed by atoms with Crippen molar-refractivity contribution in [2.45, 2.75) is 11.8 Å². The zero-order valence-corrected chi connectivity index (χ0v) is 10.4. The van der Waals surface area contributed by atoms with Gasteiger partial charge < -0.3 is 10.1 Å². The number of carbonyl (C=O) groups excluding carboxylic acids is 2. The van der Waals surface area contributed by atoms with Gasteiger partial charge in [-0.15, -0.1) is 0 Å². The number of hydrogen-bond acceptors (Lipinski definition) is 4. The molecule has 5 heteroatoms. The van der Waals surface area contributed by atoms with Crippen LogP contribution in [0.5, 0.6) is 0 Å². The van der Waals surface area contributed by atoms with Crippen molar-refractivity contribution in [3.63, 3.8) is 0 Å². The number of anilines is 1. The maximum Gasteiger partial charge on any atom is 0.330 e. The molecule has 1 N–H and O–H groups in total. The summed E-state index contributed by atoms with van der Waals surface area (Å²) in [5.74, 6) is -0.483. The molecule has 0 aliphatic carbocycles. The van der Waals surface area contributed by atoms with Crippen molar-refractivity contribution in [3.8, 4) is 0 Å². The van der Waals surface area contributed by atoms with Crippen molar-refractivity contribution in [1.29, 1.82) is 0 Å². The Labute approximate surface area is 104 Å². The fraction of sp³-hybridized carbons (Fsp3) is 0.167. The monoisotopic (exact) mass is 251 g/mol. The molecule has 0 radical (unpaired) electrons. The van der Waals surface area contributed by atoms with Crippen LogP contribution in [0.3, 0.4) is 0 Å². The second-order valence-corrected chi connectivity index (χ2v) is 4.13. The Morgan fingerprint density at radius 1 is 1.29 bits per heavy atom. The molecule has 0 aliphatic heterocycles. The summed E-state index contributed by atoms with van der Waals surface area (Å²) in [7, 11) is 1.33. The first-order valence-electron chi connectivity index (χ1n) is 4.90. The quantitative estimate of drug-likeness (QED) is 0.507. The number of esters is 1. The van der Waals surface area contributed by atoms with Crippen molar-refractivity contribution < 1.29 is 14.3 Å². The van der Waals surface area contributed by atoms with E-state index in [1.165, 1.54) is 31.9 Å². The van der Waals surface area contributed by atoms with Crippen LogP contribution in [-0.4, -0.2) is 19.0 Å². The molecule has 0 atom stereocenters. The van der Waals surface area contributed by atoms with Gasteiger partial charge in [-0.05, 0) is 29.7 Å². The summed E-state index contributed by atoms with van der Waals surface area (Å²) in [6.07, 6.45) is 1.35. The highest BCUT2D eigenvalue weighted by atomic mass is 32.2. The zero-order chi connectivity index (χ0) is 12.7. The van der Waals surface area contributed by atoms with E-state index in [0.717, 1.165) is 10.6 Å². The summed E-state index contributed by atoms with van der Waals surface area (Å²) in [5, 5.41) is 4.33. The first-order chi connectivity index (χ1) is 8.11. The fourth-order valence-electron chi connectivity index (χ4n) is 1.06. The second kappa shape index (κ2) is 6.75. The molecule has 0 aromatic heterocycles. The van der Waals surface area contributed by atoms with Gasteiger partial charge in [0.1, 0.15) is 0 Å². The summed E-state index contributed by atoms with van der Waals surface area (Å²) in [5.41, 5.74) is 0.749. The summed E-state index contributed by atoms with van der Waals surface area (Å²) < 4.78 is 4.46. The van der Waals surface area contributed by atoms with Gasteiger partial charge in [0, 0.05) is 23.6 Å². The van der Waals surface area contributed by atoms with Gasteiger partial charge in [0.2, 0.25) is 5.91 Å². The molecule has 1 aromatic carbocycles. The van der Waals surface area contributed by atoms with E-state index in [2.05, 4.69) is 10.1 Å². The normalized spacial score (nSPS) is 10.2. The number of amides is 1. The Morgan fingerprint density at radius 3 is 2.47 bits per heavy atom. The standard InChI is InChI=1S/C12H13NO3S/c1-9(14)13-10-3-5-11(6-4-10)17-8-7-12(15)16-2/h3-8H,1-2H3,(H,13,14)/b8-7+. The number of carbonyl (C=O) groups is 2. The van der Waals surface area contributed by atoms with E-state index in [1.807, 2.05) is 12.1 Å². The molecule has 0 saturated heterocycles. The van der Waals surface area contributed by atoms with Gasteiger partial charge in [-0.2, -0.15) is 0 Å². The molecular weight excluding hydrogens is 238 g/mol. The third-order valence-electron chi connectivity index (χ3n) is 1.78. The lowest BCUT2D eigenvalue weighted by Gasteiger charge is -2.02. The molecule has 1 aromatic rings. The number of nitrogens with one attached hydrogen (secondary N) is 1. The van der Waals surface area contributed by atoms with Crippen molar-refractivity contribution >= 4 is 29.3 Å². The first kappa shape index (κ1) is 13.3. The smallest absolute Gasteiger partial charge is 0.330 e. The molecule has 1 amide bonds. The van der Waals surface area contributed by atoms with E-state index in [0.29, 0.717) is 0 Å². The highest BCUT2D eigenvalue weighted by Crippen LogP contribution is 2.21. The van der Waals surface area contributed by atoms with Crippen LogP contribution in [0.15, 0.2) is 40.6 Å². The molecular formula is C12H13NO3S. The number of rotatable bonds is 4. The summed E-state index contributed by atoms with van der Waals surface area (Å²) >= 11 is 1.40. The Balaban J connectivity index is 2.53. The Morgan fingerprint density at radius 2 is 1.94 bits per heavy atom. The third kappa shape index (κ3) is 5.21. The van der Waals surface area contributed by atoms with Gasteiger partial charge in [0.05, 0.1) is 7.11 Å². The lowest BCUT2D eigenvalue weighted by molar-refractivity contribution is -0.134. The highest BCUT2D eigenvalue weighted by molar-refractivity contribution is 8.02. The number of methoxy groups -OCH3 is 1. The van der Waals surface area contributed by atoms with Gasteiger partial charge >= 0.3 is 5.97 Å². The van der Waals surface area contributed by atoms with E-state index >= 15 is 0 Å². The second-order valence-electron chi connectivity index (χ2n) is 3.15. The number of hydrogen-bond donors (Lipinski definition) is 1. The molecule has 90 valence electrons. The minimum Gasteiger partial charge on any atom is -0.466 e. The molecule has 1 rings (SSSR count). The van der Waals surface area contributed by atoms with Crippen molar-refractivity contribution in [2.75, 3.05) is 12.4 Å². The van der Waals surface area contributed by atoms with Crippen LogP contribution >= 0.6 is 11.8 Å². The van der Waals surface area contributed by atoms with Gasteiger partial charge in [0.25, 0.3) is 0 Å². The predicted molar refractivity (Wildman–Crippen MR) is 67.8 cm³/mol. The summed E-state index contributed by atoms with van der Waals surface area (Å²) in [6.45, 7) is 1.46. The summed E-state index contributed by atoms with van der Waals surface area (Å²) in [6, 6.07) is 7.32. The topological polar surface area (TPSA) is 55.4 Å². The lowest BCUT2D eigenvalue weighted by Crippen LogP contribution is -2.05. The molecule has 0 fully saturated rings. The molecule has 17 heavy (non-hydrogen) atoms. The van der Waals surface area contributed by atoms with Crippen LogP contribution in [0, 0.1) is 0 Å². The number of benzene rings is 1. The Kier molecular flexibility index (Phi) is 5.29. The largest absolute Gasteiger partial charge is 0.466 e. The zero-order valence-electron chi connectivity index (χ0n) is 9.60. The van der Waals surface area contributed by atoms with E-state index in [1.54, 1.807) is 17.5 Å². The highest BCUT2D eigenvalue weighted by Gasteiger charge is 1.96. The Hall–Kier alpha value is -1.75. The fourth-order valence-corrected chi connectivity index (χ4v) is 1.69. The van der Waals surface area contributed by atoms with Gasteiger partial charge in [-0.1, -0.05) is 11.8 Å². The molecule has 0 aliphatic rings. The van der Waals surface area contributed by atoms with E-state index < -0.39 is 0 Å². The van der Waals surface area contributed by atoms with Crippen molar-refractivity contribution in [2.24, 2.45) is 0 Å². The minimum atomic E-state index is -0.382. The van der Waals surface area contributed by atoms with Gasteiger partial charge in [-0.3, -0.25) is 4.79 Å². The van der Waals surface area contributed by atoms with Crippen LogP contribution in [-0.2, 0) is 14.3 Å². The average molecular weight is 251 g/mol. The van der Waals surface area contributed by atoms with E-state index in [-0.39, 0.29) is 11.9 Å². The number of thioether (sulfide) groups is 1. The van der Waals surface area contributed by atoms with Crippen LogP contribution in [0.4, 0.5) is 5.69 Å². The molecule has 4 nitrogen and oxygen atoms in total. The SMILES string of the molecule is COC(=O)/C=C/Sc1ccc(NC(C)=O)cc1. The van der Waals surface area contributed by atoms with Crippen LogP contribution in [0.1, 0.15) is 6.92 Å². The first-order valence-corrected chi connectivity index (χ1v) is 5.78. The van der Waals surface area contributed by atoms with E-state index in [4.69, 9.17) is 0 Å². The summed E-state index contributed by atoms with van der Waals surface area (Å²) in [4.78, 5) is 22.6. The molecule has 0 spiro atoms. The maximum absolute atomic E-state index is 10.8. The third-order valence-corrected chi connectivity index (χ3v) is 2.60. The van der Waals surface area contributed by atoms with Crippen LogP contribution in [0.25, 0.3) is 0 Å². The molecule has 0 bridgehead atoms. The van der Waals surface area contributed by atoms with E-state index in [9.17, 15) is 9.59 Å². The lowest BCUT2D eigenvalue weighted by atomic mass is 10.3. The molecule has 0 heterocycles. The van der Waals surface area contributed by atoms with Crippen LogP contribution < -0.4 is 5.32 Å². The average Bonchev–Trinajstić information content (AvgIpc) is 2.30. The van der Waals surface area contributed by atoms with Crippen molar-refractivity contribution in [1.82, 2.24) is 0 Å². The van der Waals surface area contributed by atoms with Crippen LogP contribution in [0.2, 0.25) is 0 Å². The minimum absolute atomic E-state index is 0.101. The van der Waals surface area contributed by atoms with Crippen molar-refractivity contribution in [3.05, 3.63) is 35.7 Å². The van der Waals surface area contributed by atoms with Gasteiger partial charge in [0.15, 0.2) is 0 Å². The Bertz CT molecular complexity index is 426. The number of ether oxygens (including phenoxy) is 1. The molecule has 0 saturated carbocycles. The maximum atomic E-state index is 10.8. The predicted octanol–water partition coefficient (Wildman–Crippen LogP) is 2.42. The molecule has 0 unspecified atom stereocenters. The van der Waals surface area contributed by atoms with Gasteiger partial charge in [-0.25, -0.2) is 4.79 Å².